The fourth-order valence-electron chi connectivity index (χ4n) is 2.33. The normalized spacial score (nSPS) is 30.8. The molecule has 6 heteroatoms. The molecule has 0 aromatic rings. The summed E-state index contributed by atoms with van der Waals surface area (Å²) in [4.78, 5) is 34.6. The zero-order valence-electron chi connectivity index (χ0n) is 8.10. The van der Waals surface area contributed by atoms with E-state index in [4.69, 9.17) is 5.11 Å². The molecule has 2 unspecified atom stereocenters. The standard InChI is InChI=1S/C9H12N2O4/c12-7-4-11(9(15)10-7)6-3-1-2-5(6)8(13)14/h5-6H,1-4H2,(H,13,14)(H,10,12,15). The van der Waals surface area contributed by atoms with Crippen LogP contribution in [0.3, 0.4) is 0 Å². The maximum absolute atomic E-state index is 11.3. The highest BCUT2D eigenvalue weighted by Gasteiger charge is 2.42. The molecule has 0 aromatic heterocycles. The van der Waals surface area contributed by atoms with Gasteiger partial charge in [-0.1, -0.05) is 6.42 Å². The number of carboxylic acids is 1. The van der Waals surface area contributed by atoms with Crippen LogP contribution >= 0.6 is 0 Å². The lowest BCUT2D eigenvalue weighted by Crippen LogP contribution is -2.42. The molecule has 82 valence electrons. The van der Waals surface area contributed by atoms with Gasteiger partial charge in [-0.05, 0) is 12.8 Å². The Morgan fingerprint density at radius 2 is 2.13 bits per heavy atom. The summed E-state index contributed by atoms with van der Waals surface area (Å²) < 4.78 is 0. The summed E-state index contributed by atoms with van der Waals surface area (Å²) in [6.07, 6.45) is 2.04. The number of urea groups is 1. The van der Waals surface area contributed by atoms with Crippen LogP contribution in [0.5, 0.6) is 0 Å². The molecule has 2 aliphatic rings. The zero-order chi connectivity index (χ0) is 11.0. The minimum absolute atomic E-state index is 0.00667. The Kier molecular flexibility index (Phi) is 2.34. The Balaban J connectivity index is 2.13. The van der Waals surface area contributed by atoms with Crippen LogP contribution in [-0.2, 0) is 9.59 Å². The summed E-state index contributed by atoms with van der Waals surface area (Å²) in [5.41, 5.74) is 0. The van der Waals surface area contributed by atoms with E-state index in [2.05, 4.69) is 5.32 Å². The number of rotatable bonds is 2. The number of aliphatic carboxylic acids is 1. The summed E-state index contributed by atoms with van der Waals surface area (Å²) >= 11 is 0. The molecule has 6 nitrogen and oxygen atoms in total. The van der Waals surface area contributed by atoms with Gasteiger partial charge in [0.15, 0.2) is 0 Å². The third-order valence-corrected chi connectivity index (χ3v) is 3.02. The second kappa shape index (κ2) is 3.52. The molecule has 3 amide bonds. The van der Waals surface area contributed by atoms with Crippen LogP contribution in [0.25, 0.3) is 0 Å². The molecule has 1 aliphatic carbocycles. The quantitative estimate of drug-likeness (QED) is 0.620. The first-order valence-electron chi connectivity index (χ1n) is 4.93. The average molecular weight is 212 g/mol. The number of nitrogens with one attached hydrogen (secondary N) is 1. The number of carbonyl (C=O) groups excluding carboxylic acids is 2. The molecular weight excluding hydrogens is 200 g/mol. The van der Waals surface area contributed by atoms with Gasteiger partial charge in [0.2, 0.25) is 5.91 Å². The van der Waals surface area contributed by atoms with Crippen molar-refractivity contribution in [2.45, 2.75) is 25.3 Å². The van der Waals surface area contributed by atoms with E-state index < -0.39 is 17.9 Å². The molecule has 0 bridgehead atoms. The molecule has 0 radical (unpaired) electrons. The number of carbonyl (C=O) groups is 3. The van der Waals surface area contributed by atoms with E-state index in [-0.39, 0.29) is 18.5 Å². The minimum atomic E-state index is -0.885. The summed E-state index contributed by atoms with van der Waals surface area (Å²) in [7, 11) is 0. The number of hydrogen-bond acceptors (Lipinski definition) is 3. The van der Waals surface area contributed by atoms with Crippen LogP contribution in [-0.4, -0.2) is 40.5 Å². The highest BCUT2D eigenvalue weighted by atomic mass is 16.4. The molecule has 1 aliphatic heterocycles. The van der Waals surface area contributed by atoms with E-state index in [1.165, 1.54) is 4.90 Å². The smallest absolute Gasteiger partial charge is 0.324 e. The Morgan fingerprint density at radius 3 is 2.67 bits per heavy atom. The van der Waals surface area contributed by atoms with Gasteiger partial charge in [0, 0.05) is 6.04 Å². The van der Waals surface area contributed by atoms with E-state index in [0.717, 1.165) is 6.42 Å². The van der Waals surface area contributed by atoms with Crippen molar-refractivity contribution in [2.24, 2.45) is 5.92 Å². The largest absolute Gasteiger partial charge is 0.481 e. The molecule has 15 heavy (non-hydrogen) atoms. The van der Waals surface area contributed by atoms with Crippen LogP contribution < -0.4 is 5.32 Å². The van der Waals surface area contributed by atoms with Crippen molar-refractivity contribution >= 4 is 17.9 Å². The van der Waals surface area contributed by atoms with Gasteiger partial charge >= 0.3 is 12.0 Å². The van der Waals surface area contributed by atoms with E-state index in [1.54, 1.807) is 0 Å². The first kappa shape index (κ1) is 9.95. The van der Waals surface area contributed by atoms with Gasteiger partial charge in [-0.3, -0.25) is 14.9 Å². The lowest BCUT2D eigenvalue weighted by molar-refractivity contribution is -0.143. The van der Waals surface area contributed by atoms with Crippen molar-refractivity contribution in [3.63, 3.8) is 0 Å². The fraction of sp³-hybridized carbons (Fsp3) is 0.667. The second-order valence-electron chi connectivity index (χ2n) is 3.92. The van der Waals surface area contributed by atoms with Gasteiger partial charge < -0.3 is 10.0 Å². The monoisotopic (exact) mass is 212 g/mol. The van der Waals surface area contributed by atoms with Crippen LogP contribution in [0.4, 0.5) is 4.79 Å². The van der Waals surface area contributed by atoms with Crippen molar-refractivity contribution in [1.82, 2.24) is 10.2 Å². The summed E-state index contributed by atoms with van der Waals surface area (Å²) in [6.45, 7) is -0.00667. The third kappa shape index (κ3) is 1.67. The van der Waals surface area contributed by atoms with Gasteiger partial charge in [0.05, 0.1) is 5.92 Å². The van der Waals surface area contributed by atoms with Gasteiger partial charge in [-0.2, -0.15) is 0 Å². The maximum atomic E-state index is 11.3. The molecule has 2 atom stereocenters. The Labute approximate surface area is 86.2 Å². The first-order chi connectivity index (χ1) is 7.09. The topological polar surface area (TPSA) is 86.7 Å². The van der Waals surface area contributed by atoms with Crippen LogP contribution in [0.2, 0.25) is 0 Å². The van der Waals surface area contributed by atoms with E-state index in [9.17, 15) is 14.4 Å². The highest BCUT2D eigenvalue weighted by molar-refractivity contribution is 6.02. The SMILES string of the molecule is O=C1CN(C2CCCC2C(=O)O)C(=O)N1. The van der Waals surface area contributed by atoms with E-state index in [1.807, 2.05) is 0 Å². The first-order valence-corrected chi connectivity index (χ1v) is 4.93. The van der Waals surface area contributed by atoms with Crippen LogP contribution in [0.15, 0.2) is 0 Å². The maximum Gasteiger partial charge on any atom is 0.324 e. The van der Waals surface area contributed by atoms with Crippen molar-refractivity contribution in [2.75, 3.05) is 6.54 Å². The average Bonchev–Trinajstić information content (AvgIpc) is 2.71. The molecule has 2 fully saturated rings. The van der Waals surface area contributed by atoms with Crippen molar-refractivity contribution in [3.8, 4) is 0 Å². The van der Waals surface area contributed by atoms with E-state index >= 15 is 0 Å². The van der Waals surface area contributed by atoms with Crippen molar-refractivity contribution < 1.29 is 19.5 Å². The summed E-state index contributed by atoms with van der Waals surface area (Å²) in [6, 6.07) is -0.785. The number of nitrogens with zero attached hydrogens (tertiary/aromatic N) is 1. The molecular formula is C9H12N2O4. The second-order valence-corrected chi connectivity index (χ2v) is 3.92. The van der Waals surface area contributed by atoms with Gasteiger partial charge in [-0.25, -0.2) is 4.79 Å². The molecule has 2 N–H and O–H groups in total. The Hall–Kier alpha value is -1.59. The highest BCUT2D eigenvalue weighted by Crippen LogP contribution is 2.31. The summed E-state index contributed by atoms with van der Waals surface area (Å²) in [5.74, 6) is -1.76. The summed E-state index contributed by atoms with van der Waals surface area (Å²) in [5, 5.41) is 11.1. The number of hydrogen-bond donors (Lipinski definition) is 2. The number of carboxylic acid groups (broad SMARTS) is 1. The lowest BCUT2D eigenvalue weighted by Gasteiger charge is -2.25. The predicted octanol–water partition coefficient (Wildman–Crippen LogP) is -0.208. The predicted molar refractivity (Wildman–Crippen MR) is 49.0 cm³/mol. The molecule has 1 saturated carbocycles. The van der Waals surface area contributed by atoms with Gasteiger partial charge in [-0.15, -0.1) is 0 Å². The number of imide groups is 1. The van der Waals surface area contributed by atoms with Crippen molar-refractivity contribution in [1.29, 1.82) is 0 Å². The lowest BCUT2D eigenvalue weighted by atomic mass is 10.0. The molecule has 2 rings (SSSR count). The van der Waals surface area contributed by atoms with Gasteiger partial charge in [0.1, 0.15) is 6.54 Å². The van der Waals surface area contributed by atoms with Crippen LogP contribution in [0.1, 0.15) is 19.3 Å². The molecule has 1 saturated heterocycles. The molecule has 0 spiro atoms. The number of amides is 3. The third-order valence-electron chi connectivity index (χ3n) is 3.02. The minimum Gasteiger partial charge on any atom is -0.481 e. The Bertz CT molecular complexity index is 328. The van der Waals surface area contributed by atoms with E-state index in [0.29, 0.717) is 12.8 Å². The Morgan fingerprint density at radius 1 is 1.40 bits per heavy atom. The fourth-order valence-corrected chi connectivity index (χ4v) is 2.33. The van der Waals surface area contributed by atoms with Gasteiger partial charge in [0.25, 0.3) is 0 Å². The van der Waals surface area contributed by atoms with Crippen molar-refractivity contribution in [3.05, 3.63) is 0 Å². The molecule has 1 heterocycles. The van der Waals surface area contributed by atoms with Crippen LogP contribution in [0, 0.1) is 5.92 Å². The molecule has 0 aromatic carbocycles. The zero-order valence-corrected chi connectivity index (χ0v) is 8.10.